The Bertz CT molecular complexity index is 1220. The van der Waals surface area contributed by atoms with Gasteiger partial charge in [0, 0.05) is 28.2 Å². The van der Waals surface area contributed by atoms with E-state index in [9.17, 15) is 26.7 Å². The first-order valence-electron chi connectivity index (χ1n) is 9.34. The summed E-state index contributed by atoms with van der Waals surface area (Å²) < 4.78 is 66.2. The lowest BCUT2D eigenvalue weighted by atomic mass is 9.73. The van der Waals surface area contributed by atoms with E-state index in [1.165, 1.54) is 18.3 Å². The van der Waals surface area contributed by atoms with E-state index in [1.54, 1.807) is 38.1 Å². The second-order valence-corrected chi connectivity index (χ2v) is 11.3. The van der Waals surface area contributed by atoms with E-state index >= 15 is 0 Å². The Morgan fingerprint density at radius 3 is 2.42 bits per heavy atom. The van der Waals surface area contributed by atoms with Crippen LogP contribution in [-0.4, -0.2) is 41.5 Å². The Labute approximate surface area is 186 Å². The summed E-state index contributed by atoms with van der Waals surface area (Å²) in [6.45, 7) is 3.30. The van der Waals surface area contributed by atoms with Crippen LogP contribution in [0.1, 0.15) is 31.5 Å². The van der Waals surface area contributed by atoms with Gasteiger partial charge in [0.1, 0.15) is 0 Å². The molecule has 0 saturated heterocycles. The molecule has 0 saturated carbocycles. The van der Waals surface area contributed by atoms with E-state index in [2.05, 4.69) is 25.9 Å². The van der Waals surface area contributed by atoms with Crippen LogP contribution in [0.5, 0.6) is 0 Å². The third-order valence-corrected chi connectivity index (χ3v) is 6.74. The molecule has 2 aromatic heterocycles. The fraction of sp³-hybridized carbons (Fsp3) is 0.381. The van der Waals surface area contributed by atoms with Crippen LogP contribution >= 0.6 is 15.9 Å². The molecule has 10 heteroatoms. The molecule has 5 nitrogen and oxygen atoms in total. The molecular formula is C21H22BrF3N2O3S. The van der Waals surface area contributed by atoms with Crippen LogP contribution in [0.2, 0.25) is 0 Å². The van der Waals surface area contributed by atoms with Gasteiger partial charge in [0.05, 0.1) is 11.7 Å². The molecule has 0 aliphatic heterocycles. The van der Waals surface area contributed by atoms with Crippen molar-refractivity contribution in [3.05, 3.63) is 58.3 Å². The second-order valence-electron chi connectivity index (χ2n) is 8.45. The standard InChI is InChI=1S/C21H22BrF3N2O3S/c1-19(2,14-5-4-6-15(22)9-14)12-20(28,21(23,24)25)10-16-7-13-8-18(31(3,29)30)26-11-17(13)27-16/h4-9,11,27-28H,10,12H2,1-3H3/t20-/m0/s1. The predicted octanol–water partition coefficient (Wildman–Crippen LogP) is 4.93. The highest BCUT2D eigenvalue weighted by molar-refractivity contribution is 9.10. The molecule has 0 aliphatic rings. The van der Waals surface area contributed by atoms with E-state index in [-0.39, 0.29) is 10.7 Å². The van der Waals surface area contributed by atoms with Crippen molar-refractivity contribution in [2.75, 3.05) is 6.26 Å². The lowest BCUT2D eigenvalue weighted by Crippen LogP contribution is -2.50. The Morgan fingerprint density at radius 1 is 1.16 bits per heavy atom. The normalized spacial score (nSPS) is 15.2. The van der Waals surface area contributed by atoms with Gasteiger partial charge in [-0.15, -0.1) is 0 Å². The van der Waals surface area contributed by atoms with Crippen molar-refractivity contribution in [3.8, 4) is 0 Å². The van der Waals surface area contributed by atoms with Gasteiger partial charge in [-0.1, -0.05) is 41.9 Å². The van der Waals surface area contributed by atoms with Crippen LogP contribution in [0, 0.1) is 0 Å². The smallest absolute Gasteiger partial charge is 0.380 e. The number of aliphatic hydroxyl groups is 1. The lowest BCUT2D eigenvalue weighted by Gasteiger charge is -2.38. The number of rotatable bonds is 6. The largest absolute Gasteiger partial charge is 0.417 e. The molecule has 3 rings (SSSR count). The zero-order valence-corrected chi connectivity index (χ0v) is 19.5. The van der Waals surface area contributed by atoms with Crippen molar-refractivity contribution in [2.24, 2.45) is 0 Å². The number of aromatic amines is 1. The minimum Gasteiger partial charge on any atom is -0.380 e. The Hall–Kier alpha value is -1.91. The number of hydrogen-bond donors (Lipinski definition) is 2. The summed E-state index contributed by atoms with van der Waals surface area (Å²) >= 11 is 3.33. The van der Waals surface area contributed by atoms with Crippen LogP contribution in [0.15, 0.2) is 52.1 Å². The molecule has 0 aliphatic carbocycles. The van der Waals surface area contributed by atoms with Gasteiger partial charge < -0.3 is 10.1 Å². The van der Waals surface area contributed by atoms with Crippen LogP contribution in [-0.2, 0) is 21.7 Å². The molecule has 0 bridgehead atoms. The van der Waals surface area contributed by atoms with Gasteiger partial charge in [-0.25, -0.2) is 13.4 Å². The number of aromatic nitrogens is 2. The number of H-pyrrole nitrogens is 1. The van der Waals surface area contributed by atoms with Crippen molar-refractivity contribution >= 4 is 36.7 Å². The molecule has 2 heterocycles. The number of sulfone groups is 1. The summed E-state index contributed by atoms with van der Waals surface area (Å²) in [7, 11) is -3.56. The van der Waals surface area contributed by atoms with Crippen LogP contribution in [0.4, 0.5) is 13.2 Å². The molecule has 0 fully saturated rings. The first-order valence-corrected chi connectivity index (χ1v) is 12.0. The van der Waals surface area contributed by atoms with Gasteiger partial charge in [0.2, 0.25) is 0 Å². The highest BCUT2D eigenvalue weighted by atomic mass is 79.9. The maximum atomic E-state index is 14.0. The van der Waals surface area contributed by atoms with E-state index in [1.807, 2.05) is 0 Å². The molecule has 0 radical (unpaired) electrons. The molecule has 1 atom stereocenters. The zero-order valence-electron chi connectivity index (χ0n) is 17.1. The zero-order chi connectivity index (χ0) is 23.2. The summed E-state index contributed by atoms with van der Waals surface area (Å²) in [5, 5.41) is 11.0. The van der Waals surface area contributed by atoms with Gasteiger partial charge in [-0.2, -0.15) is 13.2 Å². The Kier molecular flexibility index (Phi) is 6.05. The van der Waals surface area contributed by atoms with Gasteiger partial charge >= 0.3 is 6.18 Å². The molecule has 31 heavy (non-hydrogen) atoms. The van der Waals surface area contributed by atoms with Crippen molar-refractivity contribution in [1.29, 1.82) is 0 Å². The summed E-state index contributed by atoms with van der Waals surface area (Å²) in [6.07, 6.45) is -3.91. The third kappa shape index (κ3) is 5.12. The molecule has 3 aromatic rings. The maximum Gasteiger partial charge on any atom is 0.417 e. The highest BCUT2D eigenvalue weighted by Crippen LogP contribution is 2.43. The van der Waals surface area contributed by atoms with Gasteiger partial charge in [-0.3, -0.25) is 0 Å². The first-order chi connectivity index (χ1) is 14.1. The fourth-order valence-electron chi connectivity index (χ4n) is 3.69. The number of alkyl halides is 3. The summed E-state index contributed by atoms with van der Waals surface area (Å²) in [5.74, 6) is 0. The van der Waals surface area contributed by atoms with Crippen LogP contribution < -0.4 is 0 Å². The monoisotopic (exact) mass is 518 g/mol. The van der Waals surface area contributed by atoms with E-state index < -0.39 is 39.9 Å². The lowest BCUT2D eigenvalue weighted by molar-refractivity contribution is -0.266. The molecule has 0 amide bonds. The number of nitrogens with one attached hydrogen (secondary N) is 1. The third-order valence-electron chi connectivity index (χ3n) is 5.27. The number of benzene rings is 1. The van der Waals surface area contributed by atoms with Crippen LogP contribution in [0.3, 0.4) is 0 Å². The highest BCUT2D eigenvalue weighted by Gasteiger charge is 2.56. The van der Waals surface area contributed by atoms with E-state index in [4.69, 9.17) is 0 Å². The predicted molar refractivity (Wildman–Crippen MR) is 116 cm³/mol. The number of hydrogen-bond acceptors (Lipinski definition) is 4. The quantitative estimate of drug-likeness (QED) is 0.484. The summed E-state index contributed by atoms with van der Waals surface area (Å²) in [5.41, 5.74) is -2.81. The van der Waals surface area contributed by atoms with Crippen molar-refractivity contribution in [3.63, 3.8) is 0 Å². The average molecular weight is 519 g/mol. The van der Waals surface area contributed by atoms with Gasteiger partial charge in [0.25, 0.3) is 0 Å². The van der Waals surface area contributed by atoms with Crippen molar-refractivity contribution in [1.82, 2.24) is 9.97 Å². The number of pyridine rings is 1. The Balaban J connectivity index is 1.97. The second kappa shape index (κ2) is 7.90. The SMILES string of the molecule is CC(C)(C[C@@](O)(Cc1cc2cc(S(C)(=O)=O)ncc2[nH]1)C(F)(F)F)c1cccc(Br)c1. The summed E-state index contributed by atoms with van der Waals surface area (Å²) in [4.78, 5) is 6.65. The molecule has 0 spiro atoms. The fourth-order valence-corrected chi connectivity index (χ4v) is 4.67. The van der Waals surface area contributed by atoms with Crippen molar-refractivity contribution in [2.45, 2.75) is 48.9 Å². The number of nitrogens with zero attached hydrogens (tertiary/aromatic N) is 1. The first kappa shape index (κ1) is 23.7. The maximum absolute atomic E-state index is 14.0. The topological polar surface area (TPSA) is 83.0 Å². The van der Waals surface area contributed by atoms with Crippen molar-refractivity contribution < 1.29 is 26.7 Å². The number of halogens is 4. The Morgan fingerprint density at radius 2 is 1.84 bits per heavy atom. The molecule has 2 N–H and O–H groups in total. The summed E-state index contributed by atoms with van der Waals surface area (Å²) in [6, 6.07) is 9.68. The molecule has 168 valence electrons. The minimum atomic E-state index is -4.89. The van der Waals surface area contributed by atoms with E-state index in [0.717, 1.165) is 10.7 Å². The minimum absolute atomic E-state index is 0.132. The van der Waals surface area contributed by atoms with Crippen LogP contribution in [0.25, 0.3) is 10.9 Å². The van der Waals surface area contributed by atoms with Gasteiger partial charge in [0.15, 0.2) is 20.5 Å². The molecule has 0 unspecified atom stereocenters. The molecule has 1 aromatic carbocycles. The molecular weight excluding hydrogens is 497 g/mol. The van der Waals surface area contributed by atoms with E-state index in [0.29, 0.717) is 16.5 Å². The number of fused-ring (bicyclic) bond motifs is 1. The average Bonchev–Trinajstić information content (AvgIpc) is 3.00. The van der Waals surface area contributed by atoms with Gasteiger partial charge in [-0.05, 0) is 41.7 Å².